The fourth-order valence-corrected chi connectivity index (χ4v) is 8.18. The molecule has 5 heterocycles. The highest BCUT2D eigenvalue weighted by molar-refractivity contribution is 7.13. The van der Waals surface area contributed by atoms with Gasteiger partial charge in [0.2, 0.25) is 0 Å². The van der Waals surface area contributed by atoms with Crippen LogP contribution in [0.1, 0.15) is 158 Å². The van der Waals surface area contributed by atoms with E-state index < -0.39 is 0 Å². The van der Waals surface area contributed by atoms with Gasteiger partial charge in [0.05, 0.1) is 23.3 Å². The third-order valence-electron chi connectivity index (χ3n) is 11.5. The van der Waals surface area contributed by atoms with Gasteiger partial charge in [-0.2, -0.15) is 10.2 Å². The second-order valence-electron chi connectivity index (χ2n) is 18.7. The summed E-state index contributed by atoms with van der Waals surface area (Å²) in [5, 5.41) is 16.3. The van der Waals surface area contributed by atoms with Gasteiger partial charge in [0.25, 0.3) is 0 Å². The number of H-pyrrole nitrogens is 2. The molecule has 68 heavy (non-hydrogen) atoms. The third kappa shape index (κ3) is 15.9. The first kappa shape index (κ1) is 52.6. The van der Waals surface area contributed by atoms with E-state index >= 15 is 0 Å². The molecule has 0 saturated carbocycles. The lowest BCUT2D eigenvalue weighted by Gasteiger charge is -2.06. The van der Waals surface area contributed by atoms with Crippen molar-refractivity contribution in [3.8, 4) is 27.5 Å². The highest BCUT2D eigenvalue weighted by Gasteiger charge is 2.11. The molecular weight excluding hydrogens is 851 g/mol. The Labute approximate surface area is 411 Å². The maximum absolute atomic E-state index is 4.61. The molecule has 0 amide bonds. The van der Waals surface area contributed by atoms with Crippen LogP contribution in [0.5, 0.6) is 0 Å². The number of fused-ring (bicyclic) bond motifs is 1. The number of thiazole rings is 1. The molecule has 0 bridgehead atoms. The zero-order valence-corrected chi connectivity index (χ0v) is 43.5. The van der Waals surface area contributed by atoms with E-state index in [1.165, 1.54) is 69.0 Å². The predicted molar refractivity (Wildman–Crippen MR) is 291 cm³/mol. The molecule has 0 saturated heterocycles. The van der Waals surface area contributed by atoms with Crippen LogP contribution < -0.4 is 0 Å². The average Bonchev–Trinajstić information content (AvgIpc) is 4.20. The Morgan fingerprint density at radius 1 is 0.574 bits per heavy atom. The topological polar surface area (TPSA) is 88.1 Å². The minimum atomic E-state index is 0.500. The van der Waals surface area contributed by atoms with E-state index in [1.54, 1.807) is 11.3 Å². The number of pyridine rings is 1. The lowest BCUT2D eigenvalue weighted by atomic mass is 10.1. The molecule has 8 heteroatoms. The first-order valence-corrected chi connectivity index (χ1v) is 25.4. The number of aromatic amines is 2. The maximum atomic E-state index is 4.61. The molecule has 5 aromatic heterocycles. The minimum absolute atomic E-state index is 0.500. The van der Waals surface area contributed by atoms with E-state index in [4.69, 9.17) is 0 Å². The molecule has 0 fully saturated rings. The number of rotatable bonds is 11. The van der Waals surface area contributed by atoms with Crippen LogP contribution in [0.2, 0.25) is 0 Å². The molecule has 0 unspecified atom stereocenters. The van der Waals surface area contributed by atoms with Gasteiger partial charge in [-0.1, -0.05) is 186 Å². The minimum Gasteiger partial charge on any atom is -0.358 e. The van der Waals surface area contributed by atoms with Gasteiger partial charge in [-0.25, -0.2) is 9.67 Å². The van der Waals surface area contributed by atoms with Crippen LogP contribution in [0.3, 0.4) is 0 Å². The molecule has 0 aliphatic heterocycles. The van der Waals surface area contributed by atoms with Crippen molar-refractivity contribution in [2.75, 3.05) is 0 Å². The molecule has 0 atom stereocenters. The van der Waals surface area contributed by atoms with Crippen molar-refractivity contribution in [2.24, 2.45) is 0 Å². The number of para-hydroxylation sites is 2. The molecule has 0 aliphatic carbocycles. The van der Waals surface area contributed by atoms with Crippen molar-refractivity contribution in [2.45, 2.75) is 132 Å². The number of hydrogen-bond donors (Lipinski definition) is 2. The molecule has 0 aliphatic rings. The van der Waals surface area contributed by atoms with Crippen LogP contribution in [0.4, 0.5) is 0 Å². The number of nitrogens with one attached hydrogen (secondary N) is 2. The van der Waals surface area contributed by atoms with Crippen LogP contribution in [0.25, 0.3) is 38.4 Å². The number of benzene rings is 4. The Morgan fingerprint density at radius 3 is 1.72 bits per heavy atom. The summed E-state index contributed by atoms with van der Waals surface area (Å²) >= 11 is 1.72. The van der Waals surface area contributed by atoms with E-state index in [9.17, 15) is 0 Å². The molecule has 0 spiro atoms. The highest BCUT2D eigenvalue weighted by atomic mass is 32.1. The normalized spacial score (nSPS) is 10.9. The Balaban J connectivity index is 0.000000159. The number of hydrogen-bond acceptors (Lipinski definition) is 5. The summed E-state index contributed by atoms with van der Waals surface area (Å²) in [6.07, 6.45) is 5.58. The molecular formula is C60H75N7S. The summed E-state index contributed by atoms with van der Waals surface area (Å²) < 4.78 is 2.00. The van der Waals surface area contributed by atoms with E-state index in [0.717, 1.165) is 28.4 Å². The summed E-state index contributed by atoms with van der Waals surface area (Å²) in [6.45, 7) is 26.1. The van der Waals surface area contributed by atoms with Crippen LogP contribution >= 0.6 is 11.3 Å². The molecule has 356 valence electrons. The summed E-state index contributed by atoms with van der Waals surface area (Å²) in [5.41, 5.74) is 14.5. The third-order valence-corrected chi connectivity index (χ3v) is 12.4. The Hall–Kier alpha value is -6.38. The number of aromatic nitrogens is 7. The summed E-state index contributed by atoms with van der Waals surface area (Å²) in [4.78, 5) is 12.6. The fourth-order valence-electron chi connectivity index (χ4n) is 7.20. The number of unbranched alkanes of at least 4 members (excludes halogenated alkanes) is 1. The maximum Gasteiger partial charge on any atom is 0.123 e. The number of nitrogens with zero attached hydrogens (tertiary/aromatic N) is 5. The Morgan fingerprint density at radius 2 is 1.18 bits per heavy atom. The van der Waals surface area contributed by atoms with Gasteiger partial charge in [0.15, 0.2) is 0 Å². The smallest absolute Gasteiger partial charge is 0.123 e. The monoisotopic (exact) mass is 926 g/mol. The van der Waals surface area contributed by atoms with Gasteiger partial charge in [0.1, 0.15) is 5.01 Å². The molecule has 4 aromatic carbocycles. The van der Waals surface area contributed by atoms with Crippen molar-refractivity contribution in [1.29, 1.82) is 0 Å². The molecule has 2 N–H and O–H groups in total. The largest absolute Gasteiger partial charge is 0.358 e. The van der Waals surface area contributed by atoms with Crippen LogP contribution in [0.15, 0.2) is 157 Å². The first-order chi connectivity index (χ1) is 32.7. The van der Waals surface area contributed by atoms with Gasteiger partial charge < -0.3 is 4.98 Å². The first-order valence-electron chi connectivity index (χ1n) is 24.5. The van der Waals surface area contributed by atoms with Gasteiger partial charge in [0, 0.05) is 50.5 Å². The fraction of sp³-hybridized carbons (Fsp3) is 0.333. The van der Waals surface area contributed by atoms with Crippen LogP contribution in [0, 0.1) is 6.92 Å². The Bertz CT molecular complexity index is 2660. The van der Waals surface area contributed by atoms with Gasteiger partial charge in [-0.3, -0.25) is 10.1 Å². The Kier molecular flexibility index (Phi) is 20.7. The van der Waals surface area contributed by atoms with Gasteiger partial charge >= 0.3 is 0 Å². The molecule has 9 aromatic rings. The standard InChI is InChI=1S/C13H16N2.C12H14N2.C12H13NS.C12H19N.C11H13N/c1-10(2)13-9-14-15(11(13)3)12-7-5-4-6-8-12;1-9(2)11-8-12(14-13-11)10-6-4-3-5-7-10;1-9(2)11-8-14-12(13-11)10-6-4-3-5-7-10;1-4-5-7-11-8-6-9-12(13-11)10(2)3;1-8(2)11-7-9-5-3-4-6-10(9)12-11/h4-10H,1-3H3;3-9H,1-2H3,(H,13,14);3-9H,1-2H3;6,8-10H,4-5,7H2,1-3H3;3-8,12H,1-2H3. The summed E-state index contributed by atoms with van der Waals surface area (Å²) in [6, 6.07) is 49.8. The van der Waals surface area contributed by atoms with Crippen LogP contribution in [-0.2, 0) is 6.42 Å². The highest BCUT2D eigenvalue weighted by Crippen LogP contribution is 2.27. The van der Waals surface area contributed by atoms with E-state index in [0.29, 0.717) is 29.6 Å². The van der Waals surface area contributed by atoms with Gasteiger partial charge in [-0.15, -0.1) is 11.3 Å². The van der Waals surface area contributed by atoms with Crippen molar-refractivity contribution in [1.82, 2.24) is 34.9 Å². The molecule has 9 rings (SSSR count). The lowest BCUT2D eigenvalue weighted by molar-refractivity contribution is 0.752. The molecule has 0 radical (unpaired) electrons. The predicted octanol–water partition coefficient (Wildman–Crippen LogP) is 17.3. The van der Waals surface area contributed by atoms with E-state index in [-0.39, 0.29) is 0 Å². The second-order valence-corrected chi connectivity index (χ2v) is 19.6. The van der Waals surface area contributed by atoms with Crippen molar-refractivity contribution >= 4 is 22.2 Å². The van der Waals surface area contributed by atoms with Crippen molar-refractivity contribution in [3.63, 3.8) is 0 Å². The van der Waals surface area contributed by atoms with E-state index in [1.807, 2.05) is 65.5 Å². The average molecular weight is 926 g/mol. The van der Waals surface area contributed by atoms with Crippen LogP contribution in [-0.4, -0.2) is 34.9 Å². The zero-order valence-electron chi connectivity index (χ0n) is 42.7. The quantitative estimate of drug-likeness (QED) is 0.135. The second kappa shape index (κ2) is 26.8. The summed E-state index contributed by atoms with van der Waals surface area (Å²) in [5.74, 6) is 2.67. The van der Waals surface area contributed by atoms with E-state index in [2.05, 4.69) is 210 Å². The lowest BCUT2D eigenvalue weighted by Crippen LogP contribution is -1.99. The summed E-state index contributed by atoms with van der Waals surface area (Å²) in [7, 11) is 0. The SMILES string of the molecule is CC(C)c1cc(-c2ccccc2)n[nH]1.CC(C)c1cc2ccccc2[nH]1.CC(C)c1csc(-c2ccccc2)n1.CCCCc1cccc(C(C)C)n1.Cc1c(C(C)C)cnn1-c1ccccc1. The number of aryl methyl sites for hydroxylation is 1. The van der Waals surface area contributed by atoms with Gasteiger partial charge in [-0.05, 0) is 103 Å². The zero-order chi connectivity index (χ0) is 49.0. The van der Waals surface area contributed by atoms with Crippen molar-refractivity contribution in [3.05, 3.63) is 197 Å². The van der Waals surface area contributed by atoms with Crippen molar-refractivity contribution < 1.29 is 0 Å². The molecule has 7 nitrogen and oxygen atoms in total.